The first kappa shape index (κ1) is 15.3. The first-order chi connectivity index (χ1) is 10.0. The summed E-state index contributed by atoms with van der Waals surface area (Å²) in [7, 11) is 1.64. The normalized spacial score (nSPS) is 11.0. The Labute approximate surface area is 125 Å². The van der Waals surface area contributed by atoms with Crippen LogP contribution in [-0.2, 0) is 6.54 Å². The van der Waals surface area contributed by atoms with E-state index in [2.05, 4.69) is 0 Å². The fourth-order valence-electron chi connectivity index (χ4n) is 2.61. The van der Waals surface area contributed by atoms with Crippen molar-refractivity contribution in [3.05, 3.63) is 51.8 Å². The lowest BCUT2D eigenvalue weighted by molar-refractivity contribution is 0.415. The van der Waals surface area contributed by atoms with E-state index in [-0.39, 0.29) is 18.1 Å². The van der Waals surface area contributed by atoms with Gasteiger partial charge in [-0.1, -0.05) is 12.1 Å². The Kier molecular flexibility index (Phi) is 4.48. The number of hydrogen-bond donors (Lipinski definition) is 1. The fourth-order valence-corrected chi connectivity index (χ4v) is 2.61. The van der Waals surface area contributed by atoms with Crippen LogP contribution in [0.3, 0.4) is 0 Å². The van der Waals surface area contributed by atoms with Crippen LogP contribution in [-0.4, -0.2) is 11.7 Å². The van der Waals surface area contributed by atoms with Crippen LogP contribution in [0.4, 0.5) is 0 Å². The number of ether oxygens (including phenoxy) is 1. The number of nitrogens with two attached hydrogens (primary N) is 1. The van der Waals surface area contributed by atoms with E-state index in [0.29, 0.717) is 5.56 Å². The van der Waals surface area contributed by atoms with Crippen molar-refractivity contribution in [1.82, 2.24) is 4.57 Å². The second-order valence-corrected chi connectivity index (χ2v) is 5.36. The highest BCUT2D eigenvalue weighted by molar-refractivity contribution is 5.68. The third-order valence-corrected chi connectivity index (χ3v) is 3.67. The van der Waals surface area contributed by atoms with E-state index < -0.39 is 0 Å². The Morgan fingerprint density at radius 2 is 1.95 bits per heavy atom. The lowest BCUT2D eigenvalue weighted by atomic mass is 10.0. The monoisotopic (exact) mass is 286 g/mol. The molecule has 0 aliphatic rings. The molecule has 1 aromatic heterocycles. The van der Waals surface area contributed by atoms with Gasteiger partial charge >= 0.3 is 0 Å². The van der Waals surface area contributed by atoms with Gasteiger partial charge in [-0.3, -0.25) is 4.79 Å². The molecule has 0 saturated heterocycles. The molecule has 0 bridgehead atoms. The third-order valence-electron chi connectivity index (χ3n) is 3.67. The summed E-state index contributed by atoms with van der Waals surface area (Å²) in [5.41, 5.74) is 9.07. The van der Waals surface area contributed by atoms with Crippen molar-refractivity contribution in [2.24, 2.45) is 5.73 Å². The average molecular weight is 286 g/mol. The summed E-state index contributed by atoms with van der Waals surface area (Å²) in [6, 6.07) is 9.79. The van der Waals surface area contributed by atoms with Gasteiger partial charge in [-0.05, 0) is 44.5 Å². The Bertz CT molecular complexity index is 702. The minimum atomic E-state index is -0.0200. The summed E-state index contributed by atoms with van der Waals surface area (Å²) in [5.74, 6) is 0.756. The lowest BCUT2D eigenvalue weighted by Crippen LogP contribution is -2.29. The highest BCUT2D eigenvalue weighted by Crippen LogP contribution is 2.31. The average Bonchev–Trinajstić information content (AvgIpc) is 2.46. The van der Waals surface area contributed by atoms with Crippen LogP contribution in [0.2, 0.25) is 0 Å². The maximum Gasteiger partial charge on any atom is 0.256 e. The maximum atomic E-state index is 12.7. The van der Waals surface area contributed by atoms with Crippen molar-refractivity contribution in [2.45, 2.75) is 33.4 Å². The molecule has 0 radical (unpaired) electrons. The summed E-state index contributed by atoms with van der Waals surface area (Å²) >= 11 is 0. The van der Waals surface area contributed by atoms with Gasteiger partial charge in [-0.2, -0.15) is 0 Å². The van der Waals surface area contributed by atoms with Gasteiger partial charge in [0.25, 0.3) is 5.56 Å². The van der Waals surface area contributed by atoms with Crippen LogP contribution in [0.5, 0.6) is 5.75 Å². The largest absolute Gasteiger partial charge is 0.496 e. The zero-order chi connectivity index (χ0) is 15.6. The molecule has 0 atom stereocenters. The van der Waals surface area contributed by atoms with Crippen LogP contribution >= 0.6 is 0 Å². The SMILES string of the molecule is COc1ccccc1-c1cc(C)c(CN)c(=O)n1C(C)C. The minimum absolute atomic E-state index is 0.0200. The number of aryl methyl sites for hydroxylation is 1. The number of methoxy groups -OCH3 is 1. The van der Waals surface area contributed by atoms with E-state index in [1.165, 1.54) is 0 Å². The van der Waals surface area contributed by atoms with Crippen LogP contribution < -0.4 is 16.0 Å². The molecule has 112 valence electrons. The van der Waals surface area contributed by atoms with Gasteiger partial charge in [-0.15, -0.1) is 0 Å². The number of nitrogens with zero attached hydrogens (tertiary/aromatic N) is 1. The third kappa shape index (κ3) is 2.72. The highest BCUT2D eigenvalue weighted by atomic mass is 16.5. The molecule has 2 N–H and O–H groups in total. The second-order valence-electron chi connectivity index (χ2n) is 5.36. The Hall–Kier alpha value is -2.07. The smallest absolute Gasteiger partial charge is 0.256 e. The molecule has 0 fully saturated rings. The van der Waals surface area contributed by atoms with E-state index in [0.717, 1.165) is 22.6 Å². The lowest BCUT2D eigenvalue weighted by Gasteiger charge is -2.20. The summed E-state index contributed by atoms with van der Waals surface area (Å²) in [6.07, 6.45) is 0. The molecular formula is C17H22N2O2. The van der Waals surface area contributed by atoms with Gasteiger partial charge in [0.2, 0.25) is 0 Å². The molecule has 0 aliphatic carbocycles. The number of rotatable bonds is 4. The first-order valence-electron chi connectivity index (χ1n) is 7.09. The van der Waals surface area contributed by atoms with Gasteiger partial charge < -0.3 is 15.0 Å². The van der Waals surface area contributed by atoms with Crippen molar-refractivity contribution in [3.63, 3.8) is 0 Å². The first-order valence-corrected chi connectivity index (χ1v) is 7.09. The molecule has 21 heavy (non-hydrogen) atoms. The van der Waals surface area contributed by atoms with Crippen LogP contribution in [0.15, 0.2) is 35.1 Å². The molecule has 0 aliphatic heterocycles. The number of aromatic nitrogens is 1. The topological polar surface area (TPSA) is 57.2 Å². The van der Waals surface area contributed by atoms with Gasteiger partial charge in [0.05, 0.1) is 12.8 Å². The van der Waals surface area contributed by atoms with Gasteiger partial charge in [-0.25, -0.2) is 0 Å². The standard InChI is InChI=1S/C17H22N2O2/c1-11(2)19-15(9-12(3)14(10-18)17(19)20)13-7-5-6-8-16(13)21-4/h5-9,11H,10,18H2,1-4H3. The number of para-hydroxylation sites is 1. The predicted octanol–water partition coefficient (Wildman–Crippen LogP) is 2.87. The highest BCUT2D eigenvalue weighted by Gasteiger charge is 2.17. The molecule has 0 spiro atoms. The van der Waals surface area contributed by atoms with E-state index in [9.17, 15) is 4.79 Å². The molecule has 1 heterocycles. The number of hydrogen-bond acceptors (Lipinski definition) is 3. The molecule has 4 nitrogen and oxygen atoms in total. The van der Waals surface area contributed by atoms with Gasteiger partial charge in [0, 0.05) is 23.7 Å². The Morgan fingerprint density at radius 3 is 2.52 bits per heavy atom. The second kappa shape index (κ2) is 6.14. The zero-order valence-corrected chi connectivity index (χ0v) is 13.0. The van der Waals surface area contributed by atoms with Crippen molar-refractivity contribution >= 4 is 0 Å². The molecule has 1 aromatic carbocycles. The number of pyridine rings is 1. The fraction of sp³-hybridized carbons (Fsp3) is 0.353. The quantitative estimate of drug-likeness (QED) is 0.940. The molecule has 2 aromatic rings. The molecule has 2 rings (SSSR count). The summed E-state index contributed by atoms with van der Waals surface area (Å²) in [6.45, 7) is 6.17. The van der Waals surface area contributed by atoms with E-state index in [1.807, 2.05) is 51.1 Å². The molecule has 0 unspecified atom stereocenters. The van der Waals surface area contributed by atoms with E-state index >= 15 is 0 Å². The van der Waals surface area contributed by atoms with Crippen molar-refractivity contribution in [1.29, 1.82) is 0 Å². The van der Waals surface area contributed by atoms with Gasteiger partial charge in [0.1, 0.15) is 5.75 Å². The van der Waals surface area contributed by atoms with Crippen molar-refractivity contribution < 1.29 is 4.74 Å². The summed E-state index contributed by atoms with van der Waals surface area (Å²) < 4.78 is 7.22. The molecular weight excluding hydrogens is 264 g/mol. The van der Waals surface area contributed by atoms with E-state index in [4.69, 9.17) is 10.5 Å². The number of benzene rings is 1. The predicted molar refractivity (Wildman–Crippen MR) is 85.7 cm³/mol. The molecule has 0 saturated carbocycles. The Morgan fingerprint density at radius 1 is 1.29 bits per heavy atom. The van der Waals surface area contributed by atoms with Gasteiger partial charge in [0.15, 0.2) is 0 Å². The molecule has 0 amide bonds. The molecule has 4 heteroatoms. The van der Waals surface area contributed by atoms with Crippen molar-refractivity contribution in [2.75, 3.05) is 7.11 Å². The summed E-state index contributed by atoms with van der Waals surface area (Å²) in [4.78, 5) is 12.7. The zero-order valence-electron chi connectivity index (χ0n) is 13.0. The van der Waals surface area contributed by atoms with Crippen LogP contribution in [0.1, 0.15) is 31.0 Å². The summed E-state index contributed by atoms with van der Waals surface area (Å²) in [5, 5.41) is 0. The van der Waals surface area contributed by atoms with E-state index in [1.54, 1.807) is 11.7 Å². The van der Waals surface area contributed by atoms with Crippen LogP contribution in [0.25, 0.3) is 11.3 Å². The van der Waals surface area contributed by atoms with Crippen LogP contribution in [0, 0.1) is 6.92 Å². The minimum Gasteiger partial charge on any atom is -0.496 e. The Balaban J connectivity index is 2.83. The maximum absolute atomic E-state index is 12.7. The van der Waals surface area contributed by atoms with Crippen molar-refractivity contribution in [3.8, 4) is 17.0 Å².